The molecule has 2 aromatic rings. The number of hydrogen-bond donors (Lipinski definition) is 3. The van der Waals surface area contributed by atoms with Crippen molar-refractivity contribution >= 4 is 46.1 Å². The van der Waals surface area contributed by atoms with Crippen molar-refractivity contribution < 1.29 is 18.5 Å². The number of rotatable bonds is 10. The monoisotopic (exact) mass is 545 g/mol. The highest BCUT2D eigenvalue weighted by molar-refractivity contribution is 8.17. The summed E-state index contributed by atoms with van der Waals surface area (Å²) in [5.41, 5.74) is 0. The summed E-state index contributed by atoms with van der Waals surface area (Å²) < 4.78 is 31.8. The van der Waals surface area contributed by atoms with Gasteiger partial charge >= 0.3 is 0 Å². The number of terminal acetylenes is 1. The summed E-state index contributed by atoms with van der Waals surface area (Å²) in [5, 5.41) is 17.5. The highest BCUT2D eigenvalue weighted by atomic mass is 32.2. The molecule has 0 spiro atoms. The van der Waals surface area contributed by atoms with Crippen molar-refractivity contribution in [3.8, 4) is 12.8 Å². The van der Waals surface area contributed by atoms with E-state index < -0.39 is 11.0 Å². The normalized spacial score (nSPS) is 11.9. The molecule has 2 rings (SSSR count). The Morgan fingerprint density at radius 3 is 2.37 bits per heavy atom. The molecule has 1 unspecified atom stereocenters. The molecule has 3 N–H and O–H groups in total. The minimum atomic E-state index is -1.41. The Morgan fingerprint density at radius 1 is 1.34 bits per heavy atom. The third kappa shape index (κ3) is 16.9. The molecule has 1 atom stereocenters. The zero-order valence-electron chi connectivity index (χ0n) is 21.8. The van der Waals surface area contributed by atoms with Gasteiger partial charge in [-0.3, -0.25) is 0 Å². The van der Waals surface area contributed by atoms with Crippen LogP contribution in [0.3, 0.4) is 0 Å². The van der Waals surface area contributed by atoms with Crippen LogP contribution >= 0.6 is 23.5 Å². The van der Waals surface area contributed by atoms with Gasteiger partial charge in [0, 0.05) is 20.4 Å². The molecule has 2 heterocycles. The lowest BCUT2D eigenvalue weighted by Crippen LogP contribution is -2.16. The number of ether oxygens (including phenoxy) is 1. The van der Waals surface area contributed by atoms with E-state index in [-0.39, 0.29) is 5.76 Å². The van der Waals surface area contributed by atoms with Crippen molar-refractivity contribution in [2.75, 3.05) is 38.9 Å². The molecule has 2 aromatic heterocycles. The lowest BCUT2D eigenvalue weighted by atomic mass is 10.2. The van der Waals surface area contributed by atoms with E-state index in [1.54, 1.807) is 46.2 Å². The van der Waals surface area contributed by atoms with Gasteiger partial charge in [-0.25, -0.2) is 8.51 Å². The Hall–Kier alpha value is -2.30. The highest BCUT2D eigenvalue weighted by Gasteiger charge is 2.13. The van der Waals surface area contributed by atoms with Crippen LogP contribution in [0, 0.1) is 18.8 Å². The van der Waals surface area contributed by atoms with Gasteiger partial charge in [0.05, 0.1) is 24.5 Å². The number of allylic oxidation sites excluding steroid dienone is 1. The number of furan rings is 1. The molecule has 0 saturated heterocycles. The molecule has 35 heavy (non-hydrogen) atoms. The zero-order valence-corrected chi connectivity index (χ0v) is 24.2. The average Bonchev–Trinajstić information content (AvgIpc) is 3.51. The summed E-state index contributed by atoms with van der Waals surface area (Å²) in [7, 11) is 5.20. The number of nitrogens with one attached hydrogen (secondary N) is 2. The molecule has 0 radical (unpaired) electrons. The number of thioether (sulfide) groups is 1. The summed E-state index contributed by atoms with van der Waals surface area (Å²) >= 11 is 2.25. The van der Waals surface area contributed by atoms with Crippen LogP contribution in [0.1, 0.15) is 39.9 Å². The topological polar surface area (TPSA) is 113 Å². The van der Waals surface area contributed by atoms with Gasteiger partial charge in [-0.1, -0.05) is 39.0 Å². The fraction of sp³-hybridized carbons (Fsp3) is 0.478. The molecule has 0 fully saturated rings. The molecular weight excluding hydrogens is 506 g/mol. The van der Waals surface area contributed by atoms with E-state index in [0.29, 0.717) is 22.4 Å². The molecule has 198 valence electrons. The van der Waals surface area contributed by atoms with Crippen molar-refractivity contribution in [3.05, 3.63) is 45.8 Å². The Bertz CT molecular complexity index is 875. The number of aliphatic hydroxyl groups is 1. The van der Waals surface area contributed by atoms with Gasteiger partial charge < -0.3 is 24.9 Å². The van der Waals surface area contributed by atoms with Crippen molar-refractivity contribution in [1.29, 1.82) is 0 Å². The zero-order chi connectivity index (χ0) is 27.2. The van der Waals surface area contributed by atoms with Crippen molar-refractivity contribution in [3.63, 3.8) is 0 Å². The summed E-state index contributed by atoms with van der Waals surface area (Å²) in [4.78, 5) is 0. The van der Waals surface area contributed by atoms with E-state index in [2.05, 4.69) is 57.7 Å². The maximum absolute atomic E-state index is 12.1. The Labute approximate surface area is 221 Å². The SMILES string of the molecule is C#C.C/C(O)=C(\S/C=C/Nc1nsnc1NCc1ccco1)S(=O)N(C)C.CCC(C)C.COC. The summed E-state index contributed by atoms with van der Waals surface area (Å²) in [6.07, 6.45) is 12.6. The Balaban J connectivity index is 0. The molecule has 0 aliphatic heterocycles. The number of aliphatic hydroxyl groups excluding tert-OH is 1. The number of anilines is 2. The second-order valence-electron chi connectivity index (χ2n) is 7.10. The lowest BCUT2D eigenvalue weighted by Gasteiger charge is -2.11. The van der Waals surface area contributed by atoms with E-state index in [1.807, 2.05) is 12.1 Å². The summed E-state index contributed by atoms with van der Waals surface area (Å²) in [5.74, 6) is 2.90. The first-order valence-electron chi connectivity index (χ1n) is 10.6. The first-order chi connectivity index (χ1) is 16.7. The number of methoxy groups -OCH3 is 1. The van der Waals surface area contributed by atoms with Crippen molar-refractivity contribution in [2.45, 2.75) is 40.7 Å². The third-order valence-corrected chi connectivity index (χ3v) is 6.87. The van der Waals surface area contributed by atoms with Gasteiger partial charge in [0.2, 0.25) is 0 Å². The van der Waals surface area contributed by atoms with Crippen LogP contribution < -0.4 is 10.6 Å². The van der Waals surface area contributed by atoms with Crippen LogP contribution in [0.5, 0.6) is 0 Å². The molecule has 0 amide bonds. The minimum Gasteiger partial charge on any atom is -0.511 e. The fourth-order valence-corrected chi connectivity index (χ4v) is 4.06. The fourth-order valence-electron chi connectivity index (χ4n) is 1.61. The number of aromatic nitrogens is 2. The molecule has 0 saturated carbocycles. The number of nitrogens with zero attached hydrogens (tertiary/aromatic N) is 3. The molecule has 0 aromatic carbocycles. The van der Waals surface area contributed by atoms with Crippen LogP contribution in [-0.2, 0) is 22.3 Å². The predicted molar refractivity (Wildman–Crippen MR) is 151 cm³/mol. The van der Waals surface area contributed by atoms with E-state index in [9.17, 15) is 9.32 Å². The van der Waals surface area contributed by atoms with Gasteiger partial charge in [0.1, 0.15) is 26.7 Å². The van der Waals surface area contributed by atoms with Gasteiger partial charge in [0.15, 0.2) is 11.6 Å². The van der Waals surface area contributed by atoms with E-state index in [1.165, 1.54) is 29.4 Å². The minimum absolute atomic E-state index is 0.0258. The van der Waals surface area contributed by atoms with E-state index in [0.717, 1.165) is 23.4 Å². The van der Waals surface area contributed by atoms with Crippen LogP contribution in [0.2, 0.25) is 0 Å². The van der Waals surface area contributed by atoms with E-state index in [4.69, 9.17) is 4.42 Å². The third-order valence-electron chi connectivity index (χ3n) is 3.56. The molecule has 12 heteroatoms. The summed E-state index contributed by atoms with van der Waals surface area (Å²) in [6.45, 7) is 8.65. The van der Waals surface area contributed by atoms with Crippen LogP contribution in [0.25, 0.3) is 0 Å². The van der Waals surface area contributed by atoms with E-state index >= 15 is 0 Å². The average molecular weight is 546 g/mol. The van der Waals surface area contributed by atoms with Crippen molar-refractivity contribution in [1.82, 2.24) is 13.1 Å². The molecule has 9 nitrogen and oxygen atoms in total. The van der Waals surface area contributed by atoms with Crippen LogP contribution in [-0.4, -0.2) is 50.7 Å². The second-order valence-corrected chi connectivity index (χ2v) is 10.4. The van der Waals surface area contributed by atoms with Gasteiger partial charge in [0.25, 0.3) is 0 Å². The van der Waals surface area contributed by atoms with Crippen molar-refractivity contribution in [2.24, 2.45) is 5.92 Å². The molecule has 0 bridgehead atoms. The quantitative estimate of drug-likeness (QED) is 0.248. The highest BCUT2D eigenvalue weighted by Crippen LogP contribution is 2.25. The van der Waals surface area contributed by atoms with Gasteiger partial charge in [-0.05, 0) is 44.5 Å². The van der Waals surface area contributed by atoms with Gasteiger partial charge in [-0.15, -0.1) is 12.8 Å². The largest absolute Gasteiger partial charge is 0.511 e. The molecule has 0 aliphatic carbocycles. The summed E-state index contributed by atoms with van der Waals surface area (Å²) in [6, 6.07) is 3.69. The first-order valence-corrected chi connectivity index (χ1v) is 13.3. The maximum Gasteiger partial charge on any atom is 0.188 e. The maximum atomic E-state index is 12.1. The standard InChI is InChI=1S/C14H19N5O3S3.C5H12.C2H6O.C2H2/c1-10(20)14(25(21)19(2)3)23-8-6-15-12-13(18-24-17-12)16-9-11-5-4-7-22-11;1-4-5(2)3;1-3-2;1-2/h4-8,20H,9H2,1-3H3,(H,15,17)(H,16,18);5H,4H2,1-3H3;1-2H3;1-2H/b8-6+,14-10-;;;. The molecular formula is C23H39N5O4S3. The lowest BCUT2D eigenvalue weighted by molar-refractivity contribution is 0.277. The Kier molecular flexibility index (Phi) is 22.1. The Morgan fingerprint density at radius 2 is 1.91 bits per heavy atom. The first kappa shape index (κ1) is 34.9. The number of hydrogen-bond acceptors (Lipinski definition) is 10. The van der Waals surface area contributed by atoms with Crippen LogP contribution in [0.15, 0.2) is 44.4 Å². The second kappa shape index (κ2) is 22.2. The molecule has 0 aliphatic rings. The van der Waals surface area contributed by atoms with Crippen LogP contribution in [0.4, 0.5) is 11.6 Å². The smallest absolute Gasteiger partial charge is 0.188 e. The van der Waals surface area contributed by atoms with Gasteiger partial charge in [-0.2, -0.15) is 8.75 Å². The predicted octanol–water partition coefficient (Wildman–Crippen LogP) is 5.90.